The van der Waals surface area contributed by atoms with E-state index in [4.69, 9.17) is 5.73 Å². The van der Waals surface area contributed by atoms with Gasteiger partial charge in [-0.25, -0.2) is 8.78 Å². The molecule has 0 saturated carbocycles. The normalized spacial score (nSPS) is 35.7. The van der Waals surface area contributed by atoms with Gasteiger partial charge in [0, 0.05) is 6.04 Å². The number of nitrogens with two attached hydrogens (primary N) is 1. The van der Waals surface area contributed by atoms with Crippen LogP contribution in [0.1, 0.15) is 6.42 Å². The lowest BCUT2D eigenvalue weighted by atomic mass is 10.1. The Balaban J connectivity index is 2.54. The Morgan fingerprint density at radius 1 is 1.60 bits per heavy atom. The number of nitrogens with zero attached hydrogens (tertiary/aromatic N) is 1. The standard InChI is InChI=1S/C6H12F2N2/c1-10-3-2-4(9)5(10)6(7)8/h4-6H,2-3,9H2,1H3. The predicted molar refractivity (Wildman–Crippen MR) is 35.0 cm³/mol. The first-order valence-corrected chi connectivity index (χ1v) is 3.37. The van der Waals surface area contributed by atoms with Crippen molar-refractivity contribution in [3.8, 4) is 0 Å². The van der Waals surface area contributed by atoms with Gasteiger partial charge >= 0.3 is 0 Å². The molecule has 0 aliphatic carbocycles. The van der Waals surface area contributed by atoms with E-state index in [9.17, 15) is 8.78 Å². The zero-order valence-corrected chi connectivity index (χ0v) is 5.93. The molecule has 2 nitrogen and oxygen atoms in total. The van der Waals surface area contributed by atoms with Crippen molar-refractivity contribution in [3.05, 3.63) is 0 Å². The van der Waals surface area contributed by atoms with Crippen molar-refractivity contribution in [2.75, 3.05) is 13.6 Å². The smallest absolute Gasteiger partial charge is 0.255 e. The third kappa shape index (κ3) is 1.27. The van der Waals surface area contributed by atoms with E-state index in [-0.39, 0.29) is 6.04 Å². The van der Waals surface area contributed by atoms with Crippen molar-refractivity contribution >= 4 is 0 Å². The molecule has 2 atom stereocenters. The van der Waals surface area contributed by atoms with Crippen molar-refractivity contribution in [1.29, 1.82) is 0 Å². The third-order valence-electron chi connectivity index (χ3n) is 2.02. The number of alkyl halides is 2. The van der Waals surface area contributed by atoms with Crippen LogP contribution in [0.2, 0.25) is 0 Å². The summed E-state index contributed by atoms with van der Waals surface area (Å²) in [7, 11) is 1.68. The SMILES string of the molecule is CN1CCC(N)C1C(F)F. The molecule has 4 heteroatoms. The van der Waals surface area contributed by atoms with Crippen LogP contribution in [0.3, 0.4) is 0 Å². The minimum absolute atomic E-state index is 0.343. The number of likely N-dealkylation sites (tertiary alicyclic amines) is 1. The number of likely N-dealkylation sites (N-methyl/N-ethyl adjacent to an activating group) is 1. The summed E-state index contributed by atoms with van der Waals surface area (Å²) in [6.07, 6.45) is -1.62. The summed E-state index contributed by atoms with van der Waals surface area (Å²) in [6, 6.07) is -1.06. The van der Waals surface area contributed by atoms with Crippen molar-refractivity contribution in [2.45, 2.75) is 24.9 Å². The quantitative estimate of drug-likeness (QED) is 0.582. The molecule has 0 bridgehead atoms. The molecule has 10 heavy (non-hydrogen) atoms. The van der Waals surface area contributed by atoms with Crippen LogP contribution in [0.15, 0.2) is 0 Å². The molecule has 0 aromatic heterocycles. The molecule has 1 saturated heterocycles. The van der Waals surface area contributed by atoms with Crippen LogP contribution in [-0.2, 0) is 0 Å². The largest absolute Gasteiger partial charge is 0.326 e. The maximum Gasteiger partial charge on any atom is 0.255 e. The van der Waals surface area contributed by atoms with E-state index in [1.165, 1.54) is 0 Å². The second-order valence-corrected chi connectivity index (χ2v) is 2.76. The maximum absolute atomic E-state index is 12.1. The van der Waals surface area contributed by atoms with E-state index >= 15 is 0 Å². The molecule has 1 aliphatic heterocycles. The summed E-state index contributed by atoms with van der Waals surface area (Å²) < 4.78 is 24.2. The van der Waals surface area contributed by atoms with Gasteiger partial charge in [0.15, 0.2) is 0 Å². The Hall–Kier alpha value is -0.220. The Labute approximate surface area is 59.0 Å². The summed E-state index contributed by atoms with van der Waals surface area (Å²) in [6.45, 7) is 0.691. The molecule has 0 amide bonds. The fraction of sp³-hybridized carbons (Fsp3) is 1.00. The van der Waals surface area contributed by atoms with Gasteiger partial charge in [0.05, 0.1) is 6.04 Å². The molecule has 1 rings (SSSR count). The van der Waals surface area contributed by atoms with E-state index in [0.717, 1.165) is 0 Å². The van der Waals surface area contributed by atoms with Gasteiger partial charge in [-0.05, 0) is 20.0 Å². The minimum atomic E-state index is -2.30. The van der Waals surface area contributed by atoms with Crippen LogP contribution in [-0.4, -0.2) is 37.0 Å². The summed E-state index contributed by atoms with van der Waals surface area (Å²) >= 11 is 0. The summed E-state index contributed by atoms with van der Waals surface area (Å²) in [5.74, 6) is 0. The van der Waals surface area contributed by atoms with Crippen molar-refractivity contribution in [1.82, 2.24) is 4.90 Å². The van der Waals surface area contributed by atoms with E-state index in [1.807, 2.05) is 0 Å². The zero-order chi connectivity index (χ0) is 7.72. The number of halogens is 2. The predicted octanol–water partition coefficient (Wildman–Crippen LogP) is 0.283. The van der Waals surface area contributed by atoms with Crippen LogP contribution < -0.4 is 5.73 Å². The molecule has 60 valence electrons. The fourth-order valence-electron chi connectivity index (χ4n) is 1.38. The molecule has 2 unspecified atom stereocenters. The number of rotatable bonds is 1. The first kappa shape index (κ1) is 7.88. The van der Waals surface area contributed by atoms with Crippen molar-refractivity contribution in [3.63, 3.8) is 0 Å². The zero-order valence-electron chi connectivity index (χ0n) is 5.93. The van der Waals surface area contributed by atoms with E-state index < -0.39 is 12.5 Å². The van der Waals surface area contributed by atoms with Gasteiger partial charge in [0.1, 0.15) is 0 Å². The average Bonchev–Trinajstić information content (AvgIpc) is 2.11. The Kier molecular flexibility index (Phi) is 2.21. The number of hydrogen-bond donors (Lipinski definition) is 1. The first-order chi connectivity index (χ1) is 4.63. The molecule has 1 aliphatic rings. The van der Waals surface area contributed by atoms with Gasteiger partial charge in [-0.15, -0.1) is 0 Å². The highest BCUT2D eigenvalue weighted by Gasteiger charge is 2.35. The van der Waals surface area contributed by atoms with Crippen LogP contribution in [0, 0.1) is 0 Å². The lowest BCUT2D eigenvalue weighted by molar-refractivity contribution is 0.0525. The molecule has 0 spiro atoms. The van der Waals surface area contributed by atoms with Crippen LogP contribution in [0.4, 0.5) is 8.78 Å². The van der Waals surface area contributed by atoms with E-state index in [0.29, 0.717) is 13.0 Å². The van der Waals surface area contributed by atoms with Crippen LogP contribution in [0.5, 0.6) is 0 Å². The topological polar surface area (TPSA) is 29.3 Å². The van der Waals surface area contributed by atoms with Gasteiger partial charge in [0.2, 0.25) is 0 Å². The Morgan fingerprint density at radius 2 is 2.20 bits per heavy atom. The van der Waals surface area contributed by atoms with Gasteiger partial charge in [-0.3, -0.25) is 4.90 Å². The van der Waals surface area contributed by atoms with Crippen LogP contribution >= 0.6 is 0 Å². The Morgan fingerprint density at radius 3 is 2.40 bits per heavy atom. The second-order valence-electron chi connectivity index (χ2n) is 2.76. The molecule has 0 radical (unpaired) electrons. The highest BCUT2D eigenvalue weighted by atomic mass is 19.3. The van der Waals surface area contributed by atoms with Gasteiger partial charge < -0.3 is 5.73 Å². The average molecular weight is 150 g/mol. The molecule has 1 heterocycles. The summed E-state index contributed by atoms with van der Waals surface area (Å²) in [4.78, 5) is 1.62. The molecule has 2 N–H and O–H groups in total. The molecule has 0 aromatic carbocycles. The lowest BCUT2D eigenvalue weighted by Crippen LogP contribution is -2.42. The monoisotopic (exact) mass is 150 g/mol. The highest BCUT2D eigenvalue weighted by molar-refractivity contribution is 4.89. The molecule has 1 fully saturated rings. The summed E-state index contributed by atoms with van der Waals surface area (Å²) in [5, 5.41) is 0. The first-order valence-electron chi connectivity index (χ1n) is 3.37. The maximum atomic E-state index is 12.1. The van der Waals surface area contributed by atoms with E-state index in [2.05, 4.69) is 0 Å². The molecular weight excluding hydrogens is 138 g/mol. The molecule has 0 aromatic rings. The lowest BCUT2D eigenvalue weighted by Gasteiger charge is -2.20. The number of hydrogen-bond acceptors (Lipinski definition) is 2. The highest BCUT2D eigenvalue weighted by Crippen LogP contribution is 2.19. The minimum Gasteiger partial charge on any atom is -0.326 e. The van der Waals surface area contributed by atoms with E-state index in [1.54, 1.807) is 11.9 Å². The fourth-order valence-corrected chi connectivity index (χ4v) is 1.38. The summed E-state index contributed by atoms with van der Waals surface area (Å²) in [5.41, 5.74) is 5.45. The van der Waals surface area contributed by atoms with Gasteiger partial charge in [-0.1, -0.05) is 0 Å². The van der Waals surface area contributed by atoms with Gasteiger partial charge in [0.25, 0.3) is 6.43 Å². The van der Waals surface area contributed by atoms with Crippen molar-refractivity contribution in [2.24, 2.45) is 5.73 Å². The molecular formula is C6H12F2N2. The van der Waals surface area contributed by atoms with Gasteiger partial charge in [-0.2, -0.15) is 0 Å². The Bertz CT molecular complexity index is 108. The second kappa shape index (κ2) is 2.80. The van der Waals surface area contributed by atoms with Crippen molar-refractivity contribution < 1.29 is 8.78 Å². The third-order valence-corrected chi connectivity index (χ3v) is 2.02. The van der Waals surface area contributed by atoms with Crippen LogP contribution in [0.25, 0.3) is 0 Å².